The number of halogens is 1. The molecule has 1 rings (SSSR count). The molecule has 0 spiro atoms. The van der Waals surface area contributed by atoms with Gasteiger partial charge in [-0.2, -0.15) is 0 Å². The Morgan fingerprint density at radius 3 is 2.75 bits per heavy atom. The van der Waals surface area contributed by atoms with E-state index >= 15 is 0 Å². The molecule has 0 saturated heterocycles. The summed E-state index contributed by atoms with van der Waals surface area (Å²) in [5.41, 5.74) is 2.37. The van der Waals surface area contributed by atoms with Crippen molar-refractivity contribution in [1.29, 1.82) is 0 Å². The maximum Gasteiger partial charge on any atom is 0.0642 e. The Labute approximate surface area is 128 Å². The molecule has 0 radical (unpaired) electrons. The molecule has 0 unspecified atom stereocenters. The second-order valence-corrected chi connectivity index (χ2v) is 5.93. The number of benzene rings is 1. The lowest BCUT2D eigenvalue weighted by molar-refractivity contribution is 0.199. The van der Waals surface area contributed by atoms with E-state index < -0.39 is 0 Å². The quantitative estimate of drug-likeness (QED) is 0.706. The Morgan fingerprint density at radius 1 is 1.35 bits per heavy atom. The largest absolute Gasteiger partial charge is 0.383 e. The molecule has 1 aromatic rings. The second kappa shape index (κ2) is 9.22. The number of nitrogens with zero attached hydrogens (tertiary/aromatic N) is 1. The number of ether oxygens (including phenoxy) is 1. The normalized spacial score (nSPS) is 11.1. The highest BCUT2D eigenvalue weighted by Gasteiger charge is 2.11. The first-order valence-electron chi connectivity index (χ1n) is 7.24. The average Bonchev–Trinajstić information content (AvgIpc) is 2.41. The molecule has 0 aliphatic carbocycles. The van der Waals surface area contributed by atoms with Crippen LogP contribution >= 0.6 is 11.6 Å². The van der Waals surface area contributed by atoms with Gasteiger partial charge in [-0.15, -0.1) is 0 Å². The van der Waals surface area contributed by atoms with Crippen molar-refractivity contribution >= 4 is 17.3 Å². The van der Waals surface area contributed by atoms with Crippen molar-refractivity contribution in [1.82, 2.24) is 5.32 Å². The van der Waals surface area contributed by atoms with E-state index in [4.69, 9.17) is 16.3 Å². The number of hydrogen-bond donors (Lipinski definition) is 1. The highest BCUT2D eigenvalue weighted by atomic mass is 35.5. The highest BCUT2D eigenvalue weighted by Crippen LogP contribution is 2.29. The predicted molar refractivity (Wildman–Crippen MR) is 87.8 cm³/mol. The first kappa shape index (κ1) is 17.3. The summed E-state index contributed by atoms with van der Waals surface area (Å²) in [5.74, 6) is 0.697. The number of methoxy groups -OCH3 is 1. The fraction of sp³-hybridized carbons (Fsp3) is 0.625. The van der Waals surface area contributed by atoms with Crippen molar-refractivity contribution in [3.63, 3.8) is 0 Å². The molecule has 0 saturated carbocycles. The molecule has 114 valence electrons. The van der Waals surface area contributed by atoms with E-state index in [0.717, 1.165) is 43.4 Å². The lowest BCUT2D eigenvalue weighted by atomic mass is 10.1. The molecule has 0 bridgehead atoms. The Bertz CT molecular complexity index is 396. The summed E-state index contributed by atoms with van der Waals surface area (Å²) in [4.78, 5) is 2.26. The van der Waals surface area contributed by atoms with Crippen LogP contribution in [0.25, 0.3) is 0 Å². The summed E-state index contributed by atoms with van der Waals surface area (Å²) in [6, 6.07) is 6.10. The molecule has 0 aliphatic rings. The van der Waals surface area contributed by atoms with Crippen molar-refractivity contribution < 1.29 is 4.74 Å². The zero-order valence-corrected chi connectivity index (χ0v) is 13.8. The van der Waals surface area contributed by atoms with Gasteiger partial charge in [0, 0.05) is 33.8 Å². The van der Waals surface area contributed by atoms with Gasteiger partial charge in [0.25, 0.3) is 0 Å². The molecule has 0 aromatic heterocycles. The maximum absolute atomic E-state index is 6.39. The van der Waals surface area contributed by atoms with E-state index in [0.29, 0.717) is 5.92 Å². The van der Waals surface area contributed by atoms with Crippen molar-refractivity contribution in [2.45, 2.75) is 26.8 Å². The van der Waals surface area contributed by atoms with Crippen LogP contribution in [-0.4, -0.2) is 33.9 Å². The zero-order chi connectivity index (χ0) is 15.0. The zero-order valence-electron chi connectivity index (χ0n) is 13.1. The van der Waals surface area contributed by atoms with Crippen LogP contribution in [0.2, 0.25) is 5.02 Å². The number of hydrogen-bond acceptors (Lipinski definition) is 3. The average molecular weight is 299 g/mol. The molecule has 0 aliphatic heterocycles. The maximum atomic E-state index is 6.39. The van der Waals surface area contributed by atoms with Gasteiger partial charge < -0.3 is 15.0 Å². The van der Waals surface area contributed by atoms with Gasteiger partial charge in [0.05, 0.1) is 17.3 Å². The third-order valence-corrected chi connectivity index (χ3v) is 3.60. The van der Waals surface area contributed by atoms with E-state index in [2.05, 4.69) is 37.2 Å². The Hall–Kier alpha value is -0.770. The van der Waals surface area contributed by atoms with Crippen molar-refractivity contribution in [3.05, 3.63) is 28.8 Å². The second-order valence-electron chi connectivity index (χ2n) is 5.52. The van der Waals surface area contributed by atoms with Gasteiger partial charge in [0.2, 0.25) is 0 Å². The van der Waals surface area contributed by atoms with Crippen LogP contribution in [0.4, 0.5) is 5.69 Å². The number of anilines is 1. The van der Waals surface area contributed by atoms with E-state index in [1.165, 1.54) is 5.56 Å². The Morgan fingerprint density at radius 2 is 2.10 bits per heavy atom. The van der Waals surface area contributed by atoms with Crippen LogP contribution in [0.15, 0.2) is 18.2 Å². The van der Waals surface area contributed by atoms with Gasteiger partial charge in [-0.05, 0) is 24.0 Å². The van der Waals surface area contributed by atoms with Gasteiger partial charge in [0.15, 0.2) is 0 Å². The summed E-state index contributed by atoms with van der Waals surface area (Å²) in [6.07, 6.45) is 1.16. The highest BCUT2D eigenvalue weighted by molar-refractivity contribution is 6.33. The first-order chi connectivity index (χ1) is 9.56. The first-order valence-corrected chi connectivity index (χ1v) is 7.62. The van der Waals surface area contributed by atoms with E-state index in [9.17, 15) is 0 Å². The summed E-state index contributed by atoms with van der Waals surface area (Å²) < 4.78 is 5.05. The molecule has 1 N–H and O–H groups in total. The van der Waals surface area contributed by atoms with E-state index in [1.807, 2.05) is 12.1 Å². The fourth-order valence-electron chi connectivity index (χ4n) is 2.09. The summed E-state index contributed by atoms with van der Waals surface area (Å²) in [6.45, 7) is 7.89. The Kier molecular flexibility index (Phi) is 7.97. The minimum Gasteiger partial charge on any atom is -0.383 e. The van der Waals surface area contributed by atoms with E-state index in [1.54, 1.807) is 7.11 Å². The van der Waals surface area contributed by atoms with Gasteiger partial charge in [-0.25, -0.2) is 0 Å². The summed E-state index contributed by atoms with van der Waals surface area (Å²) in [7, 11) is 3.83. The summed E-state index contributed by atoms with van der Waals surface area (Å²) in [5, 5.41) is 4.20. The van der Waals surface area contributed by atoms with E-state index in [-0.39, 0.29) is 0 Å². The topological polar surface area (TPSA) is 24.5 Å². The SMILES string of the molecule is COCCNCc1cccc(Cl)c1N(C)CCC(C)C. The minimum absolute atomic E-state index is 0.697. The molecule has 3 nitrogen and oxygen atoms in total. The standard InChI is InChI=1S/C16H27ClN2O/c1-13(2)8-10-19(3)16-14(6-5-7-15(16)17)12-18-9-11-20-4/h5-7,13,18H,8-12H2,1-4H3. The molecule has 0 heterocycles. The smallest absolute Gasteiger partial charge is 0.0642 e. The van der Waals surface area contributed by atoms with Gasteiger partial charge in [-0.3, -0.25) is 0 Å². The van der Waals surface area contributed by atoms with Gasteiger partial charge in [0.1, 0.15) is 0 Å². The number of nitrogens with one attached hydrogen (secondary N) is 1. The summed E-state index contributed by atoms with van der Waals surface area (Å²) >= 11 is 6.39. The Balaban J connectivity index is 2.71. The monoisotopic (exact) mass is 298 g/mol. The molecule has 1 aromatic carbocycles. The molecular weight excluding hydrogens is 272 g/mol. The predicted octanol–water partition coefficient (Wildman–Crippen LogP) is 3.56. The molecule has 0 atom stereocenters. The molecule has 0 amide bonds. The lowest BCUT2D eigenvalue weighted by Gasteiger charge is -2.24. The molecule has 20 heavy (non-hydrogen) atoms. The van der Waals surface area contributed by atoms with Crippen LogP contribution < -0.4 is 10.2 Å². The lowest BCUT2D eigenvalue weighted by Crippen LogP contribution is -2.24. The molecule has 0 fully saturated rings. The van der Waals surface area contributed by atoms with Crippen molar-refractivity contribution in [2.24, 2.45) is 5.92 Å². The number of para-hydroxylation sites is 1. The fourth-order valence-corrected chi connectivity index (χ4v) is 2.43. The van der Waals surface area contributed by atoms with Crippen molar-refractivity contribution in [3.8, 4) is 0 Å². The van der Waals surface area contributed by atoms with Gasteiger partial charge >= 0.3 is 0 Å². The van der Waals surface area contributed by atoms with Crippen LogP contribution in [0, 0.1) is 5.92 Å². The van der Waals surface area contributed by atoms with Crippen LogP contribution in [0.1, 0.15) is 25.8 Å². The molecule has 4 heteroatoms. The third-order valence-electron chi connectivity index (χ3n) is 3.29. The molecular formula is C16H27ClN2O. The van der Waals surface area contributed by atoms with Gasteiger partial charge in [-0.1, -0.05) is 37.6 Å². The minimum atomic E-state index is 0.697. The van der Waals surface area contributed by atoms with Crippen molar-refractivity contribution in [2.75, 3.05) is 38.8 Å². The van der Waals surface area contributed by atoms with Crippen LogP contribution in [0.3, 0.4) is 0 Å². The van der Waals surface area contributed by atoms with Crippen LogP contribution in [-0.2, 0) is 11.3 Å². The third kappa shape index (κ3) is 5.70. The van der Waals surface area contributed by atoms with Crippen LogP contribution in [0.5, 0.6) is 0 Å². The number of rotatable bonds is 9.